The Labute approximate surface area is 294 Å². The number of halogens is 2. The van der Waals surface area contributed by atoms with Crippen LogP contribution in [0.1, 0.15) is 28.6 Å². The number of carbonyl (C=O) groups excluding carboxylic acids is 2. The maximum Gasteiger partial charge on any atom is 0.466 e. The van der Waals surface area contributed by atoms with Crippen molar-refractivity contribution in [2.45, 2.75) is 24.9 Å². The molecule has 3 aliphatic heterocycles. The van der Waals surface area contributed by atoms with Crippen LogP contribution in [-0.4, -0.2) is 104 Å². The van der Waals surface area contributed by atoms with Gasteiger partial charge in [-0.05, 0) is 36.2 Å². The summed E-state index contributed by atoms with van der Waals surface area (Å²) in [7, 11) is -3.34. The number of esters is 1. The second-order valence-corrected chi connectivity index (χ2v) is 13.8. The number of urea groups is 1. The number of amides is 2. The van der Waals surface area contributed by atoms with Crippen molar-refractivity contribution < 1.29 is 47.9 Å². The highest BCUT2D eigenvalue weighted by Crippen LogP contribution is 2.37. The number of hydrogen-bond donors (Lipinski definition) is 5. The molecule has 266 valence electrons. The second kappa shape index (κ2) is 15.8. The highest BCUT2D eigenvalue weighted by molar-refractivity contribution is 7.45. The number of methoxy groups -OCH3 is 1. The highest BCUT2D eigenvalue weighted by atomic mass is 35.5. The van der Waals surface area contributed by atoms with Gasteiger partial charge in [0.15, 0.2) is 10.8 Å². The molecule has 3 aliphatic rings. The number of carboxylic acids is 1. The Balaban J connectivity index is 0.000000908. The van der Waals surface area contributed by atoms with Crippen molar-refractivity contribution in [1.29, 1.82) is 0 Å². The number of carbonyl (C=O) groups is 3. The van der Waals surface area contributed by atoms with Crippen molar-refractivity contribution >= 4 is 60.3 Å². The third kappa shape index (κ3) is 9.11. The summed E-state index contributed by atoms with van der Waals surface area (Å²) < 4.78 is 28.0. The molecule has 50 heavy (non-hydrogen) atoms. The molecule has 2 atom stereocenters. The van der Waals surface area contributed by atoms with Gasteiger partial charge in [-0.25, -0.2) is 23.5 Å². The Morgan fingerprint density at radius 1 is 1.14 bits per heavy atom. The van der Waals surface area contributed by atoms with E-state index in [-0.39, 0.29) is 29.1 Å². The van der Waals surface area contributed by atoms with Crippen LogP contribution in [0, 0.1) is 5.82 Å². The molecule has 1 aromatic heterocycles. The lowest BCUT2D eigenvalue weighted by atomic mass is 9.95. The maximum atomic E-state index is 14.0. The van der Waals surface area contributed by atoms with E-state index in [9.17, 15) is 18.8 Å². The van der Waals surface area contributed by atoms with E-state index < -0.39 is 31.6 Å². The number of phosphoric acid groups is 1. The van der Waals surface area contributed by atoms with E-state index in [1.807, 2.05) is 34.5 Å². The molecule has 2 aromatic carbocycles. The topological polar surface area (TPSA) is 205 Å². The molecule has 2 amide bonds. The Morgan fingerprint density at radius 2 is 1.86 bits per heavy atom. The first kappa shape index (κ1) is 37.0. The number of anilines is 1. The van der Waals surface area contributed by atoms with E-state index >= 15 is 0 Å². The van der Waals surface area contributed by atoms with Crippen LogP contribution in [-0.2, 0) is 25.3 Å². The number of nitrogens with one attached hydrogen (secondary N) is 1. The molecule has 0 bridgehead atoms. The summed E-state index contributed by atoms with van der Waals surface area (Å²) in [6.07, 6.45) is 2.13. The highest BCUT2D eigenvalue weighted by Gasteiger charge is 2.42. The molecule has 0 spiro atoms. The number of aryl methyl sites for hydroxylation is 1. The molecule has 19 heteroatoms. The minimum Gasteiger partial charge on any atom is -0.481 e. The van der Waals surface area contributed by atoms with Crippen LogP contribution in [0.5, 0.6) is 0 Å². The van der Waals surface area contributed by atoms with Crippen LogP contribution >= 0.6 is 30.8 Å². The number of aromatic nitrogens is 1. The van der Waals surface area contributed by atoms with Gasteiger partial charge in [0, 0.05) is 72.7 Å². The lowest BCUT2D eigenvalue weighted by molar-refractivity contribution is -0.137. The van der Waals surface area contributed by atoms with Gasteiger partial charge in [-0.1, -0.05) is 29.8 Å². The predicted octanol–water partition coefficient (Wildman–Crippen LogP) is 3.17. The quantitative estimate of drug-likeness (QED) is 0.158. The van der Waals surface area contributed by atoms with Crippen molar-refractivity contribution in [2.75, 3.05) is 44.7 Å². The summed E-state index contributed by atoms with van der Waals surface area (Å²) in [5, 5.41) is 14.9. The van der Waals surface area contributed by atoms with Crippen LogP contribution in [0.4, 0.5) is 14.9 Å². The standard InChI is InChI=1S/C31H30ClFN6O5S.H3O4P/c1-44-30(42)26-24(35-28(29-34-10-13-45-29)36-27(26)22-8-5-19(33)14-23(22)32)17-37-11-12-38-21(15-37)16-39(31(38)43)20-6-2-18(3-7-20)4-9-25(40)41;1-5(2,3)4/h2-3,5-8,10,13-14,21,27H,4,9,11-12,15-17H2,1H3,(H,35,36)(H,40,41);(H3,1,2,3,4)/t21-,27-;/m0./s1. The maximum absolute atomic E-state index is 14.0. The average molecular weight is 751 g/mol. The molecule has 3 aromatic rings. The summed E-state index contributed by atoms with van der Waals surface area (Å²) >= 11 is 7.86. The molecule has 0 aliphatic carbocycles. The Bertz CT molecular complexity index is 1850. The first-order valence-corrected chi connectivity index (χ1v) is 17.9. The summed E-state index contributed by atoms with van der Waals surface area (Å²) in [6, 6.07) is 10.4. The second-order valence-electron chi connectivity index (χ2n) is 11.4. The van der Waals surface area contributed by atoms with E-state index in [0.29, 0.717) is 61.2 Å². The van der Waals surface area contributed by atoms with Gasteiger partial charge in [-0.15, -0.1) is 11.3 Å². The molecule has 2 fully saturated rings. The molecule has 15 nitrogen and oxygen atoms in total. The van der Waals surface area contributed by atoms with Gasteiger partial charge in [0.25, 0.3) is 0 Å². The molecule has 0 radical (unpaired) electrons. The zero-order valence-electron chi connectivity index (χ0n) is 26.5. The van der Waals surface area contributed by atoms with Gasteiger partial charge in [0.1, 0.15) is 11.9 Å². The number of nitrogens with zero attached hydrogens (tertiary/aromatic N) is 5. The number of piperazine rings is 1. The molecular weight excluding hydrogens is 718 g/mol. The van der Waals surface area contributed by atoms with Gasteiger partial charge < -0.3 is 34.7 Å². The normalized spacial score (nSPS) is 19.3. The molecule has 0 saturated carbocycles. The zero-order valence-corrected chi connectivity index (χ0v) is 28.9. The molecule has 2 saturated heterocycles. The number of aliphatic carboxylic acids is 1. The Morgan fingerprint density at radius 3 is 2.48 bits per heavy atom. The van der Waals surface area contributed by atoms with Crippen molar-refractivity contribution in [2.24, 2.45) is 4.99 Å². The fourth-order valence-corrected chi connectivity index (χ4v) is 6.77. The first-order chi connectivity index (χ1) is 23.7. The minimum absolute atomic E-state index is 0.0472. The number of benzene rings is 2. The third-order valence-corrected chi connectivity index (χ3v) is 9.22. The van der Waals surface area contributed by atoms with Crippen LogP contribution in [0.15, 0.2) is 70.3 Å². The van der Waals surface area contributed by atoms with Crippen molar-refractivity contribution in [3.8, 4) is 0 Å². The largest absolute Gasteiger partial charge is 0.481 e. The monoisotopic (exact) mass is 750 g/mol. The number of rotatable bonds is 9. The first-order valence-electron chi connectivity index (χ1n) is 15.1. The minimum atomic E-state index is -4.64. The molecule has 4 heterocycles. The van der Waals surface area contributed by atoms with E-state index in [4.69, 9.17) is 45.7 Å². The average Bonchev–Trinajstić information content (AvgIpc) is 3.71. The number of ether oxygens (including phenoxy) is 1. The molecule has 0 unspecified atom stereocenters. The van der Waals surface area contributed by atoms with Crippen molar-refractivity contribution in [3.63, 3.8) is 0 Å². The van der Waals surface area contributed by atoms with Crippen LogP contribution < -0.4 is 10.2 Å². The fourth-order valence-electron chi connectivity index (χ4n) is 5.92. The number of aliphatic imine (C=N–C) groups is 1. The number of amidine groups is 1. The van der Waals surface area contributed by atoms with Gasteiger partial charge in [0.05, 0.1) is 18.7 Å². The smallest absolute Gasteiger partial charge is 0.466 e. The summed E-state index contributed by atoms with van der Waals surface area (Å²) in [5.41, 5.74) is 2.95. The zero-order chi connectivity index (χ0) is 36.2. The molecule has 5 N–H and O–H groups in total. The van der Waals surface area contributed by atoms with Crippen LogP contribution in [0.25, 0.3) is 0 Å². The number of thiazole rings is 1. The van der Waals surface area contributed by atoms with Gasteiger partial charge in [-0.3, -0.25) is 19.6 Å². The van der Waals surface area contributed by atoms with Crippen LogP contribution in [0.3, 0.4) is 0 Å². The fraction of sp³-hybridized carbons (Fsp3) is 0.323. The van der Waals surface area contributed by atoms with Gasteiger partial charge >= 0.3 is 25.8 Å². The van der Waals surface area contributed by atoms with E-state index in [1.165, 1.54) is 36.6 Å². The van der Waals surface area contributed by atoms with Gasteiger partial charge in [-0.2, -0.15) is 0 Å². The van der Waals surface area contributed by atoms with E-state index in [0.717, 1.165) is 11.3 Å². The summed E-state index contributed by atoms with van der Waals surface area (Å²) in [6.45, 7) is 2.44. The Hall–Kier alpha value is -4.22. The van der Waals surface area contributed by atoms with E-state index in [2.05, 4.69) is 15.2 Å². The number of fused-ring (bicyclic) bond motifs is 1. The Kier molecular flexibility index (Phi) is 11.7. The van der Waals surface area contributed by atoms with Crippen molar-refractivity contribution in [1.82, 2.24) is 20.1 Å². The lowest BCUT2D eigenvalue weighted by Gasteiger charge is -2.38. The lowest BCUT2D eigenvalue weighted by Crippen LogP contribution is -2.53. The van der Waals surface area contributed by atoms with Crippen molar-refractivity contribution in [3.05, 3.63) is 92.3 Å². The van der Waals surface area contributed by atoms with Crippen LogP contribution in [0.2, 0.25) is 5.02 Å². The SMILES string of the molecule is COC(=O)C1=C(CN2CCN3C(=O)N(c4ccc(CCC(=O)O)cc4)C[C@@H]3C2)NC(c2nccs2)=N[C@H]1c1ccc(F)cc1Cl.O=P(O)(O)O. The number of carboxylic acid groups (broad SMARTS) is 1. The summed E-state index contributed by atoms with van der Waals surface area (Å²) in [5.74, 6) is -1.48. The van der Waals surface area contributed by atoms with E-state index in [1.54, 1.807) is 11.1 Å². The predicted molar refractivity (Wildman–Crippen MR) is 181 cm³/mol. The molecular formula is C31H33ClFN6O9PS. The van der Waals surface area contributed by atoms with Gasteiger partial charge in [0.2, 0.25) is 0 Å². The third-order valence-electron chi connectivity index (χ3n) is 8.12. The summed E-state index contributed by atoms with van der Waals surface area (Å²) in [4.78, 5) is 74.1. The number of hydrogen-bond acceptors (Lipinski definition) is 10. The molecule has 6 rings (SSSR count).